The molecule has 1 saturated heterocycles. The number of nitrogens with zero attached hydrogens (tertiary/aromatic N) is 2. The zero-order valence-electron chi connectivity index (χ0n) is 11.9. The Hall–Kier alpha value is -2.22. The van der Waals surface area contributed by atoms with E-state index in [1.54, 1.807) is 12.1 Å². The Kier molecular flexibility index (Phi) is 3.48. The molecule has 1 aliphatic heterocycles. The Balaban J connectivity index is 2.03. The van der Waals surface area contributed by atoms with Gasteiger partial charge in [0.05, 0.1) is 21.9 Å². The highest BCUT2D eigenvalue weighted by molar-refractivity contribution is 7.91. The topological polar surface area (TPSA) is 102 Å². The normalized spacial score (nSPS) is 20.1. The summed E-state index contributed by atoms with van der Waals surface area (Å²) in [5, 5.41) is 14.8. The summed E-state index contributed by atoms with van der Waals surface area (Å²) in [6.07, 6.45) is 0.542. The molecule has 1 fully saturated rings. The lowest BCUT2D eigenvalue weighted by Gasteiger charge is -2.15. The highest BCUT2D eigenvalue weighted by atomic mass is 32.2. The summed E-state index contributed by atoms with van der Waals surface area (Å²) in [6, 6.07) is 6.11. The third-order valence-electron chi connectivity index (χ3n) is 3.72. The number of nitrogens with one attached hydrogen (secondary N) is 1. The first-order valence-electron chi connectivity index (χ1n) is 6.87. The van der Waals surface area contributed by atoms with E-state index in [1.807, 2.05) is 6.92 Å². The molecule has 0 bridgehead atoms. The number of rotatable bonds is 3. The van der Waals surface area contributed by atoms with Crippen LogP contribution in [0, 0.1) is 17.0 Å². The molecule has 22 heavy (non-hydrogen) atoms. The SMILES string of the molecule is Cc1cc(NC2CCS(=O)(=O)C2)c2cc([N+](=O)[O-])ccc2n1. The van der Waals surface area contributed by atoms with Gasteiger partial charge in [-0.3, -0.25) is 15.1 Å². The molecule has 1 atom stereocenters. The number of nitro groups is 1. The van der Waals surface area contributed by atoms with Gasteiger partial charge in [0.2, 0.25) is 0 Å². The molecule has 2 aromatic rings. The minimum absolute atomic E-state index is 0.0137. The van der Waals surface area contributed by atoms with E-state index < -0.39 is 14.8 Å². The van der Waals surface area contributed by atoms with Crippen molar-refractivity contribution in [2.24, 2.45) is 0 Å². The number of hydrogen-bond acceptors (Lipinski definition) is 6. The number of aryl methyl sites for hydroxylation is 1. The van der Waals surface area contributed by atoms with Crippen LogP contribution in [0.5, 0.6) is 0 Å². The van der Waals surface area contributed by atoms with Crippen molar-refractivity contribution < 1.29 is 13.3 Å². The second kappa shape index (κ2) is 5.20. The van der Waals surface area contributed by atoms with E-state index in [-0.39, 0.29) is 23.2 Å². The fourth-order valence-electron chi connectivity index (χ4n) is 2.71. The molecule has 0 saturated carbocycles. The zero-order chi connectivity index (χ0) is 15.9. The van der Waals surface area contributed by atoms with Gasteiger partial charge in [-0.25, -0.2) is 8.42 Å². The van der Waals surface area contributed by atoms with E-state index in [0.29, 0.717) is 23.0 Å². The molecule has 3 rings (SSSR count). The summed E-state index contributed by atoms with van der Waals surface area (Å²) in [7, 11) is -2.99. The number of non-ortho nitro benzene ring substituents is 1. The molecule has 116 valence electrons. The number of sulfone groups is 1. The molecular weight excluding hydrogens is 306 g/mol. The largest absolute Gasteiger partial charge is 0.381 e. The van der Waals surface area contributed by atoms with E-state index in [1.165, 1.54) is 12.1 Å². The van der Waals surface area contributed by atoms with Crippen LogP contribution < -0.4 is 5.32 Å². The summed E-state index contributed by atoms with van der Waals surface area (Å²) in [4.78, 5) is 14.8. The van der Waals surface area contributed by atoms with Crippen molar-refractivity contribution >= 4 is 32.1 Å². The van der Waals surface area contributed by atoms with E-state index in [4.69, 9.17) is 0 Å². The minimum atomic E-state index is -2.99. The van der Waals surface area contributed by atoms with Gasteiger partial charge in [0.1, 0.15) is 0 Å². The number of hydrogen-bond donors (Lipinski definition) is 1. The summed E-state index contributed by atoms with van der Waals surface area (Å²) < 4.78 is 23.1. The summed E-state index contributed by atoms with van der Waals surface area (Å²) in [5.74, 6) is 0.262. The van der Waals surface area contributed by atoms with Crippen molar-refractivity contribution in [2.45, 2.75) is 19.4 Å². The second-order valence-corrected chi connectivity index (χ2v) is 7.74. The molecule has 7 nitrogen and oxygen atoms in total. The van der Waals surface area contributed by atoms with E-state index >= 15 is 0 Å². The minimum Gasteiger partial charge on any atom is -0.381 e. The average Bonchev–Trinajstić information content (AvgIpc) is 2.77. The van der Waals surface area contributed by atoms with Crippen molar-refractivity contribution in [3.05, 3.63) is 40.1 Å². The van der Waals surface area contributed by atoms with E-state index in [0.717, 1.165) is 5.69 Å². The Morgan fingerprint density at radius 2 is 2.14 bits per heavy atom. The van der Waals surface area contributed by atoms with Gasteiger partial charge in [0, 0.05) is 34.9 Å². The predicted molar refractivity (Wildman–Crippen MR) is 83.8 cm³/mol. The monoisotopic (exact) mass is 321 g/mol. The Morgan fingerprint density at radius 3 is 2.77 bits per heavy atom. The number of benzene rings is 1. The zero-order valence-corrected chi connectivity index (χ0v) is 12.8. The Morgan fingerprint density at radius 1 is 1.36 bits per heavy atom. The van der Waals surface area contributed by atoms with Gasteiger partial charge in [-0.1, -0.05) is 0 Å². The number of pyridine rings is 1. The second-order valence-electron chi connectivity index (χ2n) is 5.51. The van der Waals surface area contributed by atoms with Gasteiger partial charge >= 0.3 is 0 Å². The molecule has 1 unspecified atom stereocenters. The fourth-order valence-corrected chi connectivity index (χ4v) is 4.38. The number of aromatic nitrogens is 1. The first-order chi connectivity index (χ1) is 10.3. The lowest BCUT2D eigenvalue weighted by molar-refractivity contribution is -0.384. The van der Waals surface area contributed by atoms with Crippen LogP contribution in [-0.4, -0.2) is 35.9 Å². The summed E-state index contributed by atoms with van der Waals surface area (Å²) in [5.41, 5.74) is 2.09. The van der Waals surface area contributed by atoms with Crippen LogP contribution in [0.15, 0.2) is 24.3 Å². The lowest BCUT2D eigenvalue weighted by Crippen LogP contribution is -2.20. The van der Waals surface area contributed by atoms with Crippen LogP contribution in [0.1, 0.15) is 12.1 Å². The Labute approximate surface area is 127 Å². The molecule has 0 amide bonds. The molecule has 8 heteroatoms. The highest BCUT2D eigenvalue weighted by Crippen LogP contribution is 2.29. The summed E-state index contributed by atoms with van der Waals surface area (Å²) >= 11 is 0. The third-order valence-corrected chi connectivity index (χ3v) is 5.49. The fraction of sp³-hybridized carbons (Fsp3) is 0.357. The smallest absolute Gasteiger partial charge is 0.270 e. The molecule has 1 N–H and O–H groups in total. The number of fused-ring (bicyclic) bond motifs is 1. The van der Waals surface area contributed by atoms with Crippen LogP contribution in [0.3, 0.4) is 0 Å². The van der Waals surface area contributed by atoms with Gasteiger partial charge in [0.25, 0.3) is 5.69 Å². The Bertz CT molecular complexity index is 864. The van der Waals surface area contributed by atoms with Crippen molar-refractivity contribution in [1.82, 2.24) is 4.98 Å². The molecule has 0 spiro atoms. The first kappa shape index (κ1) is 14.7. The third kappa shape index (κ3) is 2.87. The van der Waals surface area contributed by atoms with E-state index in [2.05, 4.69) is 10.3 Å². The van der Waals surface area contributed by atoms with Crippen LogP contribution in [0.25, 0.3) is 10.9 Å². The summed E-state index contributed by atoms with van der Waals surface area (Å²) in [6.45, 7) is 1.83. The maximum atomic E-state index is 11.6. The van der Waals surface area contributed by atoms with Gasteiger partial charge in [-0.2, -0.15) is 0 Å². The predicted octanol–water partition coefficient (Wildman–Crippen LogP) is 2.05. The highest BCUT2D eigenvalue weighted by Gasteiger charge is 2.28. The quantitative estimate of drug-likeness (QED) is 0.685. The maximum Gasteiger partial charge on any atom is 0.270 e. The van der Waals surface area contributed by atoms with Crippen molar-refractivity contribution in [2.75, 3.05) is 16.8 Å². The molecule has 0 aliphatic carbocycles. The first-order valence-corrected chi connectivity index (χ1v) is 8.69. The van der Waals surface area contributed by atoms with Gasteiger partial charge < -0.3 is 5.32 Å². The van der Waals surface area contributed by atoms with Crippen LogP contribution in [0.2, 0.25) is 0 Å². The number of nitro benzene ring substituents is 1. The van der Waals surface area contributed by atoms with Crippen LogP contribution in [-0.2, 0) is 9.84 Å². The van der Waals surface area contributed by atoms with Gasteiger partial charge in [-0.05, 0) is 25.5 Å². The van der Waals surface area contributed by atoms with Gasteiger partial charge in [0.15, 0.2) is 9.84 Å². The van der Waals surface area contributed by atoms with Gasteiger partial charge in [-0.15, -0.1) is 0 Å². The van der Waals surface area contributed by atoms with Crippen molar-refractivity contribution in [3.8, 4) is 0 Å². The van der Waals surface area contributed by atoms with Crippen LogP contribution >= 0.6 is 0 Å². The molecule has 1 aromatic carbocycles. The average molecular weight is 321 g/mol. The lowest BCUT2D eigenvalue weighted by atomic mass is 10.1. The molecule has 2 heterocycles. The molecule has 1 aliphatic rings. The standard InChI is InChI=1S/C14H15N3O4S/c1-9-6-14(16-10-4-5-22(20,21)8-10)12-7-11(17(18)19)2-3-13(12)15-9/h2-3,6-7,10H,4-5,8H2,1H3,(H,15,16). The van der Waals surface area contributed by atoms with Crippen LogP contribution in [0.4, 0.5) is 11.4 Å². The number of anilines is 1. The molecule has 0 radical (unpaired) electrons. The molecular formula is C14H15N3O4S. The van der Waals surface area contributed by atoms with Crippen molar-refractivity contribution in [3.63, 3.8) is 0 Å². The molecule has 1 aromatic heterocycles. The maximum absolute atomic E-state index is 11.6. The van der Waals surface area contributed by atoms with Crippen molar-refractivity contribution in [1.29, 1.82) is 0 Å². The van der Waals surface area contributed by atoms with E-state index in [9.17, 15) is 18.5 Å².